The van der Waals surface area contributed by atoms with Crippen molar-refractivity contribution in [2.75, 3.05) is 12.3 Å². The van der Waals surface area contributed by atoms with Crippen LogP contribution in [-0.2, 0) is 31.6 Å². The van der Waals surface area contributed by atoms with E-state index in [0.29, 0.717) is 0 Å². The monoisotopic (exact) mass is 609 g/mol. The van der Waals surface area contributed by atoms with E-state index >= 15 is 0 Å². The van der Waals surface area contributed by atoms with Crippen molar-refractivity contribution >= 4 is 52.1 Å². The number of aliphatic hydroxyl groups excluding tert-OH is 1. The molecular weight excluding hydrogens is 598 g/mol. The third-order valence-corrected chi connectivity index (χ3v) is 7.65. The number of nitrogens with two attached hydrogens (primary N) is 1. The number of ether oxygens (including phenoxy) is 1. The van der Waals surface area contributed by atoms with Crippen molar-refractivity contribution in [2.45, 2.75) is 24.6 Å². The minimum atomic E-state index is -6.12. The van der Waals surface area contributed by atoms with Gasteiger partial charge >= 0.3 is 88.7 Å². The Balaban J connectivity index is 0.00000385. The van der Waals surface area contributed by atoms with Gasteiger partial charge in [0.1, 0.15) is 17.7 Å². The molecule has 0 bridgehead atoms. The first-order valence-corrected chi connectivity index (χ1v) is 12.7. The standard InChI is InChI=1S/C10H14ClFN5O12P3.3Na/c11-10-15-7(13)5-8(16-10)17(2-14-5)9-4(12)6(18)3(27-9)1-26-31(22,23)29-32(24,25)28-30(19,20)21;;;/h2-4,6,9,18H,1H2,(H,22,23)(H,24,25)(H2,13,15,16)(H2,19,20,21);;;/q;3*+1/p-3/t3?,4-,6+,9?;;;/m0.../s1. The first-order chi connectivity index (χ1) is 14.6. The SMILES string of the molecule is Nc1nc(Cl)nc2c1ncn2C1OC(COP(=O)([O-])OP(=O)([O-])OP(=O)([O-])O)[C@@H](O)[C@@H]1F.[Na+].[Na+].[Na+]. The number of halogens is 2. The Kier molecular flexibility index (Phi) is 14.8. The van der Waals surface area contributed by atoms with Crippen LogP contribution in [0.4, 0.5) is 10.2 Å². The predicted molar refractivity (Wildman–Crippen MR) is 92.7 cm³/mol. The topological polar surface area (TPSA) is 267 Å². The predicted octanol–water partition coefficient (Wildman–Crippen LogP) is -10.9. The summed E-state index contributed by atoms with van der Waals surface area (Å²) in [6.07, 6.45) is -6.43. The van der Waals surface area contributed by atoms with Crippen molar-refractivity contribution in [3.8, 4) is 0 Å². The number of nitrogen functional groups attached to an aromatic ring is 1. The third kappa shape index (κ3) is 9.80. The summed E-state index contributed by atoms with van der Waals surface area (Å²) in [6.45, 7) is -1.17. The smallest absolute Gasteiger partial charge is 0.756 e. The maximum Gasteiger partial charge on any atom is 1.00 e. The van der Waals surface area contributed by atoms with Gasteiger partial charge in [-0.05, 0) is 11.6 Å². The van der Waals surface area contributed by atoms with E-state index in [4.69, 9.17) is 27.0 Å². The van der Waals surface area contributed by atoms with Gasteiger partial charge in [-0.15, -0.1) is 0 Å². The van der Waals surface area contributed by atoms with Crippen molar-refractivity contribution in [2.24, 2.45) is 0 Å². The van der Waals surface area contributed by atoms with Crippen molar-refractivity contribution < 1.29 is 149 Å². The molecule has 1 aliphatic heterocycles. The second-order valence-corrected chi connectivity index (χ2v) is 10.7. The number of fused-ring (bicyclic) bond motifs is 1. The molecule has 180 valence electrons. The molecule has 35 heavy (non-hydrogen) atoms. The molecule has 7 atom stereocenters. The van der Waals surface area contributed by atoms with Crippen LogP contribution in [-0.4, -0.2) is 54.5 Å². The minimum Gasteiger partial charge on any atom is -0.756 e. The fourth-order valence-electron chi connectivity index (χ4n) is 2.61. The van der Waals surface area contributed by atoms with Gasteiger partial charge in [-0.3, -0.25) is 18.3 Å². The van der Waals surface area contributed by atoms with Crippen LogP contribution in [0.5, 0.6) is 0 Å². The van der Waals surface area contributed by atoms with Gasteiger partial charge in [-0.1, -0.05) is 0 Å². The molecule has 1 aliphatic rings. The van der Waals surface area contributed by atoms with Crippen molar-refractivity contribution in [1.29, 1.82) is 0 Å². The normalized spacial score (nSPS) is 26.9. The number of imidazole rings is 1. The van der Waals surface area contributed by atoms with E-state index in [9.17, 15) is 37.9 Å². The van der Waals surface area contributed by atoms with E-state index < -0.39 is 54.7 Å². The molecule has 2 aromatic heterocycles. The van der Waals surface area contributed by atoms with E-state index in [2.05, 4.69) is 28.1 Å². The van der Waals surface area contributed by atoms with Crippen LogP contribution in [0.1, 0.15) is 6.23 Å². The second-order valence-electron chi connectivity index (χ2n) is 6.02. The summed E-state index contributed by atoms with van der Waals surface area (Å²) >= 11 is 5.71. The number of hydrogen-bond donors (Lipinski definition) is 3. The summed E-state index contributed by atoms with van der Waals surface area (Å²) in [4.78, 5) is 52.9. The van der Waals surface area contributed by atoms with Gasteiger partial charge in [-0.25, -0.2) is 18.0 Å². The minimum absolute atomic E-state index is 0. The fraction of sp³-hybridized carbons (Fsp3) is 0.500. The van der Waals surface area contributed by atoms with Crippen LogP contribution >= 0.6 is 35.1 Å². The maximum atomic E-state index is 14.6. The summed E-state index contributed by atoms with van der Waals surface area (Å²) in [5.74, 6) is -0.133. The molecule has 0 amide bonds. The average Bonchev–Trinajstić information content (AvgIpc) is 3.12. The van der Waals surface area contributed by atoms with Crippen molar-refractivity contribution in [3.05, 3.63) is 11.6 Å². The molecule has 5 unspecified atom stereocenters. The van der Waals surface area contributed by atoms with Gasteiger partial charge < -0.3 is 39.7 Å². The first-order valence-electron chi connectivity index (χ1n) is 7.95. The maximum absolute atomic E-state index is 14.6. The average molecular weight is 610 g/mol. The number of rotatable bonds is 8. The number of hydrogen-bond acceptors (Lipinski definition) is 15. The Hall–Kier alpha value is 1.90. The first kappa shape index (κ1) is 36.9. The summed E-state index contributed by atoms with van der Waals surface area (Å²) < 4.78 is 64.8. The number of phosphoric acid groups is 3. The molecule has 0 radical (unpaired) electrons. The third-order valence-electron chi connectivity index (χ3n) is 3.79. The molecule has 25 heteroatoms. The number of anilines is 1. The Bertz CT molecular complexity index is 1180. The van der Waals surface area contributed by atoms with Gasteiger partial charge in [0.25, 0.3) is 23.5 Å². The van der Waals surface area contributed by atoms with Gasteiger partial charge in [0.2, 0.25) is 5.28 Å². The van der Waals surface area contributed by atoms with E-state index in [0.717, 1.165) is 10.9 Å². The molecule has 0 saturated carbocycles. The van der Waals surface area contributed by atoms with Crippen LogP contribution in [0.15, 0.2) is 6.33 Å². The number of nitrogens with zero attached hydrogens (tertiary/aromatic N) is 4. The van der Waals surface area contributed by atoms with Crippen LogP contribution in [0.25, 0.3) is 11.2 Å². The quantitative estimate of drug-likeness (QED) is 0.142. The number of phosphoric ester groups is 1. The zero-order valence-electron chi connectivity index (χ0n) is 18.0. The van der Waals surface area contributed by atoms with Gasteiger partial charge in [-0.2, -0.15) is 9.97 Å². The van der Waals surface area contributed by atoms with Gasteiger partial charge in [0.05, 0.1) is 12.9 Å². The molecule has 0 aromatic carbocycles. The largest absolute Gasteiger partial charge is 1.00 e. The molecule has 3 heterocycles. The summed E-state index contributed by atoms with van der Waals surface area (Å²) in [5.41, 5.74) is 5.59. The van der Waals surface area contributed by atoms with E-state index in [1.807, 2.05) is 0 Å². The Morgan fingerprint density at radius 3 is 2.34 bits per heavy atom. The molecule has 1 saturated heterocycles. The molecule has 17 nitrogen and oxygen atoms in total. The zero-order chi connectivity index (χ0) is 24.1. The summed E-state index contributed by atoms with van der Waals surface area (Å²) in [5, 5.41) is 9.71. The summed E-state index contributed by atoms with van der Waals surface area (Å²) in [7, 11) is -17.9. The molecule has 0 spiro atoms. The van der Waals surface area contributed by atoms with Gasteiger partial charge in [0.15, 0.2) is 23.9 Å². The second kappa shape index (κ2) is 14.0. The van der Waals surface area contributed by atoms with E-state index in [1.54, 1.807) is 0 Å². The molecule has 4 N–H and O–H groups in total. The molecule has 1 fully saturated rings. The van der Waals surface area contributed by atoms with E-state index in [-0.39, 0.29) is 111 Å². The number of aliphatic hydroxyl groups is 1. The van der Waals surface area contributed by atoms with E-state index in [1.165, 1.54) is 0 Å². The van der Waals surface area contributed by atoms with Crippen LogP contribution in [0.2, 0.25) is 5.28 Å². The Morgan fingerprint density at radius 2 is 1.77 bits per heavy atom. The van der Waals surface area contributed by atoms with Crippen molar-refractivity contribution in [3.63, 3.8) is 0 Å². The fourth-order valence-corrected chi connectivity index (χ4v) is 5.68. The molecular formula is C10H11ClFN5Na3O12P3. The Morgan fingerprint density at radius 1 is 1.17 bits per heavy atom. The van der Waals surface area contributed by atoms with Crippen LogP contribution in [0, 0.1) is 0 Å². The van der Waals surface area contributed by atoms with Crippen molar-refractivity contribution in [1.82, 2.24) is 19.5 Å². The van der Waals surface area contributed by atoms with Gasteiger partial charge in [0, 0.05) is 0 Å². The molecule has 3 rings (SSSR count). The molecule has 2 aromatic rings. The summed E-state index contributed by atoms with van der Waals surface area (Å²) in [6, 6.07) is 0. The van der Waals surface area contributed by atoms with Crippen LogP contribution in [0.3, 0.4) is 0 Å². The molecule has 0 aliphatic carbocycles. The number of aromatic nitrogens is 4. The van der Waals surface area contributed by atoms with Crippen LogP contribution < -0.4 is 109 Å². The zero-order valence-corrected chi connectivity index (χ0v) is 27.5. The Labute approximate surface area is 266 Å². The number of alkyl halides is 1.